The van der Waals surface area contributed by atoms with E-state index in [0.29, 0.717) is 6.54 Å². The summed E-state index contributed by atoms with van der Waals surface area (Å²) in [6, 6.07) is 7.97. The van der Waals surface area contributed by atoms with Crippen LogP contribution in [0, 0.1) is 0 Å². The van der Waals surface area contributed by atoms with Gasteiger partial charge in [-0.3, -0.25) is 9.59 Å². The van der Waals surface area contributed by atoms with Gasteiger partial charge >= 0.3 is 0 Å². The van der Waals surface area contributed by atoms with E-state index in [1.165, 1.54) is 12.5 Å². The number of nitrogens with zero attached hydrogens (tertiary/aromatic N) is 1. The van der Waals surface area contributed by atoms with Gasteiger partial charge < -0.3 is 15.5 Å². The van der Waals surface area contributed by atoms with E-state index in [4.69, 9.17) is 0 Å². The summed E-state index contributed by atoms with van der Waals surface area (Å²) < 4.78 is 0. The third-order valence-electron chi connectivity index (χ3n) is 4.21. The van der Waals surface area contributed by atoms with Gasteiger partial charge in [-0.15, -0.1) is 0 Å². The Kier molecular flexibility index (Phi) is 3.82. The molecule has 0 bridgehead atoms. The number of amides is 2. The van der Waals surface area contributed by atoms with Crippen molar-refractivity contribution in [2.45, 2.75) is 38.3 Å². The molecular weight excluding hydrogens is 266 g/mol. The summed E-state index contributed by atoms with van der Waals surface area (Å²) in [5, 5.41) is 6.23. The predicted molar refractivity (Wildman–Crippen MR) is 81.0 cm³/mol. The number of likely N-dealkylation sites (tertiary alicyclic amines) is 1. The van der Waals surface area contributed by atoms with Crippen LogP contribution in [-0.4, -0.2) is 41.9 Å². The molecule has 0 aliphatic carbocycles. The Morgan fingerprint density at radius 1 is 1.33 bits per heavy atom. The van der Waals surface area contributed by atoms with Crippen LogP contribution in [0.5, 0.6) is 0 Å². The van der Waals surface area contributed by atoms with Crippen LogP contribution in [0.3, 0.4) is 0 Å². The van der Waals surface area contributed by atoms with Crippen molar-refractivity contribution in [3.63, 3.8) is 0 Å². The summed E-state index contributed by atoms with van der Waals surface area (Å²) in [5.41, 5.74) is 2.26. The molecule has 1 unspecified atom stereocenters. The Balaban J connectivity index is 1.62. The molecule has 2 amide bonds. The maximum atomic E-state index is 12.7. The molecule has 5 nitrogen and oxygen atoms in total. The van der Waals surface area contributed by atoms with Gasteiger partial charge in [0.05, 0.1) is 0 Å². The normalized spacial score (nSPS) is 24.1. The van der Waals surface area contributed by atoms with Gasteiger partial charge in [-0.25, -0.2) is 0 Å². The first-order valence-electron chi connectivity index (χ1n) is 7.54. The second-order valence-electron chi connectivity index (χ2n) is 5.88. The number of piperidine rings is 1. The van der Waals surface area contributed by atoms with E-state index in [0.717, 1.165) is 31.5 Å². The molecule has 0 spiro atoms. The number of hydrogen-bond acceptors (Lipinski definition) is 3. The first-order valence-corrected chi connectivity index (χ1v) is 7.54. The zero-order valence-corrected chi connectivity index (χ0v) is 12.3. The summed E-state index contributed by atoms with van der Waals surface area (Å²) in [6.45, 7) is 2.92. The van der Waals surface area contributed by atoms with E-state index in [1.54, 1.807) is 0 Å². The van der Waals surface area contributed by atoms with Crippen LogP contribution in [0.4, 0.5) is 5.69 Å². The van der Waals surface area contributed by atoms with Crippen LogP contribution in [-0.2, 0) is 16.0 Å². The number of nitrogens with one attached hydrogen (secondary N) is 2. The number of fused-ring (bicyclic) bond motifs is 1. The van der Waals surface area contributed by atoms with Crippen molar-refractivity contribution < 1.29 is 9.59 Å². The number of para-hydroxylation sites is 1. The average Bonchev–Trinajstić information content (AvgIpc) is 2.90. The highest BCUT2D eigenvalue weighted by atomic mass is 16.2. The first-order chi connectivity index (χ1) is 10.1. The molecule has 1 saturated heterocycles. The van der Waals surface area contributed by atoms with E-state index in [9.17, 15) is 9.59 Å². The molecular formula is C16H21N3O2. The van der Waals surface area contributed by atoms with Crippen molar-refractivity contribution in [2.24, 2.45) is 0 Å². The van der Waals surface area contributed by atoms with E-state index < -0.39 is 0 Å². The number of hydrogen-bond donors (Lipinski definition) is 2. The minimum absolute atomic E-state index is 0.0271. The quantitative estimate of drug-likeness (QED) is 0.858. The average molecular weight is 287 g/mol. The number of rotatable bonds is 2. The topological polar surface area (TPSA) is 61.4 Å². The molecule has 3 rings (SSSR count). The monoisotopic (exact) mass is 287 g/mol. The lowest BCUT2D eigenvalue weighted by molar-refractivity contribution is -0.134. The zero-order valence-electron chi connectivity index (χ0n) is 12.3. The standard InChI is InChI=1S/C16H21N3O2/c1-11(20)17-13-6-4-8-19(10-13)16(21)15-9-12-5-2-3-7-14(12)18-15/h2-3,5,7,13,15,18H,4,6,8-10H2,1H3,(H,17,20)/t13?,15-/m0/s1. The third-order valence-corrected chi connectivity index (χ3v) is 4.21. The van der Waals surface area contributed by atoms with E-state index >= 15 is 0 Å². The van der Waals surface area contributed by atoms with E-state index in [2.05, 4.69) is 16.7 Å². The van der Waals surface area contributed by atoms with Gasteiger partial charge in [-0.1, -0.05) is 18.2 Å². The second kappa shape index (κ2) is 5.76. The van der Waals surface area contributed by atoms with Crippen LogP contribution in [0.25, 0.3) is 0 Å². The largest absolute Gasteiger partial charge is 0.373 e. The molecule has 2 atom stereocenters. The highest BCUT2D eigenvalue weighted by molar-refractivity contribution is 5.87. The van der Waals surface area contributed by atoms with Crippen molar-refractivity contribution in [1.29, 1.82) is 0 Å². The summed E-state index contributed by atoms with van der Waals surface area (Å²) in [5.74, 6) is 0.113. The van der Waals surface area contributed by atoms with Gasteiger partial charge in [0.2, 0.25) is 11.8 Å². The van der Waals surface area contributed by atoms with Crippen molar-refractivity contribution in [3.05, 3.63) is 29.8 Å². The summed E-state index contributed by atoms with van der Waals surface area (Å²) in [6.07, 6.45) is 2.63. The molecule has 2 aliphatic rings. The first kappa shape index (κ1) is 13.9. The minimum atomic E-state index is -0.168. The predicted octanol–water partition coefficient (Wildman–Crippen LogP) is 1.15. The van der Waals surface area contributed by atoms with Gasteiger partial charge in [0.25, 0.3) is 0 Å². The molecule has 5 heteroatoms. The summed E-state index contributed by atoms with van der Waals surface area (Å²) in [4.78, 5) is 25.7. The van der Waals surface area contributed by atoms with Crippen LogP contribution < -0.4 is 10.6 Å². The number of carbonyl (C=O) groups excluding carboxylic acids is 2. The molecule has 1 fully saturated rings. The van der Waals surface area contributed by atoms with Gasteiger partial charge in [-0.05, 0) is 24.5 Å². The number of benzene rings is 1. The molecule has 2 N–H and O–H groups in total. The fraction of sp³-hybridized carbons (Fsp3) is 0.500. The van der Waals surface area contributed by atoms with Gasteiger partial charge in [0.15, 0.2) is 0 Å². The van der Waals surface area contributed by atoms with Gasteiger partial charge in [0, 0.05) is 38.2 Å². The lowest BCUT2D eigenvalue weighted by Gasteiger charge is -2.34. The lowest BCUT2D eigenvalue weighted by Crippen LogP contribution is -2.52. The molecule has 21 heavy (non-hydrogen) atoms. The molecule has 1 aromatic rings. The molecule has 0 radical (unpaired) electrons. The molecule has 2 heterocycles. The Bertz CT molecular complexity index is 533. The van der Waals surface area contributed by atoms with Crippen LogP contribution in [0.2, 0.25) is 0 Å². The van der Waals surface area contributed by atoms with E-state index in [1.807, 2.05) is 23.1 Å². The van der Waals surface area contributed by atoms with Crippen molar-refractivity contribution in [3.8, 4) is 0 Å². The fourth-order valence-electron chi connectivity index (χ4n) is 3.25. The number of carbonyl (C=O) groups is 2. The maximum absolute atomic E-state index is 12.7. The third kappa shape index (κ3) is 3.01. The Labute approximate surface area is 124 Å². The van der Waals surface area contributed by atoms with Crippen molar-refractivity contribution in [1.82, 2.24) is 10.2 Å². The molecule has 0 aromatic heterocycles. The minimum Gasteiger partial charge on any atom is -0.373 e. The van der Waals surface area contributed by atoms with Crippen LogP contribution in [0.15, 0.2) is 24.3 Å². The lowest BCUT2D eigenvalue weighted by atomic mass is 10.0. The highest BCUT2D eigenvalue weighted by Gasteiger charge is 2.32. The number of anilines is 1. The highest BCUT2D eigenvalue weighted by Crippen LogP contribution is 2.26. The fourth-order valence-corrected chi connectivity index (χ4v) is 3.25. The van der Waals surface area contributed by atoms with Crippen molar-refractivity contribution >= 4 is 17.5 Å². The van der Waals surface area contributed by atoms with Crippen LogP contribution in [0.1, 0.15) is 25.3 Å². The Morgan fingerprint density at radius 3 is 2.90 bits per heavy atom. The molecule has 1 aromatic carbocycles. The van der Waals surface area contributed by atoms with Crippen molar-refractivity contribution in [2.75, 3.05) is 18.4 Å². The second-order valence-corrected chi connectivity index (χ2v) is 5.88. The van der Waals surface area contributed by atoms with E-state index in [-0.39, 0.29) is 23.9 Å². The van der Waals surface area contributed by atoms with Gasteiger partial charge in [-0.2, -0.15) is 0 Å². The SMILES string of the molecule is CC(=O)NC1CCCN(C(=O)[C@@H]2Cc3ccccc3N2)C1. The zero-order chi connectivity index (χ0) is 14.8. The molecule has 112 valence electrons. The Morgan fingerprint density at radius 2 is 2.14 bits per heavy atom. The summed E-state index contributed by atoms with van der Waals surface area (Å²) >= 11 is 0. The van der Waals surface area contributed by atoms with Gasteiger partial charge in [0.1, 0.15) is 6.04 Å². The van der Waals surface area contributed by atoms with Crippen LogP contribution >= 0.6 is 0 Å². The maximum Gasteiger partial charge on any atom is 0.245 e. The molecule has 2 aliphatic heterocycles. The summed E-state index contributed by atoms with van der Waals surface area (Å²) in [7, 11) is 0. The smallest absolute Gasteiger partial charge is 0.245 e. The molecule has 0 saturated carbocycles. The Hall–Kier alpha value is -2.04.